The fraction of sp³-hybridized carbons (Fsp3) is 0.312. The molecule has 1 amide bonds. The molecule has 1 atom stereocenters. The van der Waals surface area contributed by atoms with Crippen molar-refractivity contribution in [3.63, 3.8) is 0 Å². The van der Waals surface area contributed by atoms with Gasteiger partial charge in [-0.15, -0.1) is 0 Å². The molecule has 1 aromatic carbocycles. The predicted molar refractivity (Wildman–Crippen MR) is 81.1 cm³/mol. The van der Waals surface area contributed by atoms with Gasteiger partial charge in [0.05, 0.1) is 12.6 Å². The zero-order valence-electron chi connectivity index (χ0n) is 11.6. The van der Waals surface area contributed by atoms with Gasteiger partial charge in [0.15, 0.2) is 5.76 Å². The molecule has 1 fully saturated rings. The minimum atomic E-state index is -0.0999. The van der Waals surface area contributed by atoms with Crippen molar-refractivity contribution < 1.29 is 9.21 Å². The lowest BCUT2D eigenvalue weighted by atomic mass is 10.0. The van der Waals surface area contributed by atoms with Crippen LogP contribution >= 0.6 is 11.6 Å². The van der Waals surface area contributed by atoms with Gasteiger partial charge in [-0.1, -0.05) is 29.8 Å². The summed E-state index contributed by atoms with van der Waals surface area (Å²) < 4.78 is 5.47. The van der Waals surface area contributed by atoms with Crippen LogP contribution in [0.15, 0.2) is 40.8 Å². The van der Waals surface area contributed by atoms with E-state index in [1.807, 2.05) is 29.2 Å². The molecule has 4 nitrogen and oxygen atoms in total. The zero-order valence-corrected chi connectivity index (χ0v) is 12.3. The first-order valence-corrected chi connectivity index (χ1v) is 7.42. The summed E-state index contributed by atoms with van der Waals surface area (Å²) in [4.78, 5) is 14.5. The van der Waals surface area contributed by atoms with Gasteiger partial charge < -0.3 is 15.1 Å². The van der Waals surface area contributed by atoms with E-state index in [-0.39, 0.29) is 11.9 Å². The van der Waals surface area contributed by atoms with Crippen LogP contribution in [-0.2, 0) is 6.54 Å². The number of benzene rings is 1. The highest BCUT2D eigenvalue weighted by Crippen LogP contribution is 2.36. The summed E-state index contributed by atoms with van der Waals surface area (Å²) in [6.07, 6.45) is 1.88. The number of halogens is 1. The molecule has 0 bridgehead atoms. The van der Waals surface area contributed by atoms with E-state index in [9.17, 15) is 4.79 Å². The van der Waals surface area contributed by atoms with E-state index in [0.717, 1.165) is 18.4 Å². The van der Waals surface area contributed by atoms with Gasteiger partial charge in [-0.05, 0) is 36.6 Å². The summed E-state index contributed by atoms with van der Waals surface area (Å²) in [6, 6.07) is 11.1. The third-order valence-electron chi connectivity index (χ3n) is 3.85. The van der Waals surface area contributed by atoms with Gasteiger partial charge in [0.1, 0.15) is 5.76 Å². The van der Waals surface area contributed by atoms with Crippen LogP contribution < -0.4 is 5.73 Å². The number of hydrogen-bond acceptors (Lipinski definition) is 3. The Hall–Kier alpha value is -1.78. The van der Waals surface area contributed by atoms with Gasteiger partial charge in [-0.25, -0.2) is 0 Å². The summed E-state index contributed by atoms with van der Waals surface area (Å²) in [6.45, 7) is 1.01. The second-order valence-corrected chi connectivity index (χ2v) is 5.56. The normalized spacial score (nSPS) is 18.2. The van der Waals surface area contributed by atoms with Crippen LogP contribution in [0.2, 0.25) is 5.02 Å². The van der Waals surface area contributed by atoms with E-state index in [0.29, 0.717) is 29.6 Å². The van der Waals surface area contributed by atoms with Crippen LogP contribution in [0, 0.1) is 0 Å². The lowest BCUT2D eigenvalue weighted by Crippen LogP contribution is -2.30. The molecule has 2 aromatic rings. The number of furan rings is 1. The van der Waals surface area contributed by atoms with Crippen LogP contribution in [0.5, 0.6) is 0 Å². The third kappa shape index (κ3) is 2.69. The highest BCUT2D eigenvalue weighted by atomic mass is 35.5. The van der Waals surface area contributed by atoms with E-state index in [1.165, 1.54) is 0 Å². The van der Waals surface area contributed by atoms with Gasteiger partial charge in [-0.3, -0.25) is 4.79 Å². The fourth-order valence-electron chi connectivity index (χ4n) is 2.82. The average Bonchev–Trinajstić information content (AvgIpc) is 3.16. The van der Waals surface area contributed by atoms with Gasteiger partial charge >= 0.3 is 0 Å². The van der Waals surface area contributed by atoms with Gasteiger partial charge in [0.2, 0.25) is 0 Å². The second-order valence-electron chi connectivity index (χ2n) is 5.15. The number of nitrogens with zero attached hydrogens (tertiary/aromatic N) is 1. The molecule has 0 radical (unpaired) electrons. The largest absolute Gasteiger partial charge is 0.455 e. The molecule has 110 valence electrons. The van der Waals surface area contributed by atoms with Crippen molar-refractivity contribution >= 4 is 17.5 Å². The quantitative estimate of drug-likeness (QED) is 0.945. The molecular weight excluding hydrogens is 288 g/mol. The number of hydrogen-bond donors (Lipinski definition) is 1. The monoisotopic (exact) mass is 304 g/mol. The molecular formula is C16H17ClN2O2. The van der Waals surface area contributed by atoms with Crippen LogP contribution in [0.25, 0.3) is 0 Å². The van der Waals surface area contributed by atoms with Crippen molar-refractivity contribution in [3.8, 4) is 0 Å². The van der Waals surface area contributed by atoms with Crippen molar-refractivity contribution in [2.75, 3.05) is 6.54 Å². The van der Waals surface area contributed by atoms with E-state index < -0.39 is 0 Å². The molecule has 2 heterocycles. The molecule has 5 heteroatoms. The molecule has 1 aliphatic heterocycles. The maximum Gasteiger partial charge on any atom is 0.290 e. The minimum absolute atomic E-state index is 0.0117. The van der Waals surface area contributed by atoms with Gasteiger partial charge in [-0.2, -0.15) is 0 Å². The Morgan fingerprint density at radius 3 is 2.86 bits per heavy atom. The number of rotatable bonds is 3. The number of likely N-dealkylation sites (tertiary alicyclic amines) is 1. The first-order chi connectivity index (χ1) is 10.2. The highest BCUT2D eigenvalue weighted by Gasteiger charge is 2.32. The zero-order chi connectivity index (χ0) is 14.8. The Balaban J connectivity index is 1.87. The number of nitrogens with two attached hydrogens (primary N) is 1. The van der Waals surface area contributed by atoms with E-state index in [1.54, 1.807) is 12.1 Å². The van der Waals surface area contributed by atoms with Crippen molar-refractivity contribution in [3.05, 3.63) is 58.5 Å². The smallest absolute Gasteiger partial charge is 0.290 e. The molecule has 0 aliphatic carbocycles. The molecule has 1 aromatic heterocycles. The average molecular weight is 305 g/mol. The lowest BCUT2D eigenvalue weighted by molar-refractivity contribution is 0.0701. The molecule has 21 heavy (non-hydrogen) atoms. The van der Waals surface area contributed by atoms with E-state index >= 15 is 0 Å². The maximum absolute atomic E-state index is 12.6. The molecule has 0 saturated carbocycles. The molecule has 3 rings (SSSR count). The van der Waals surface area contributed by atoms with Crippen LogP contribution in [-0.4, -0.2) is 17.4 Å². The summed E-state index contributed by atoms with van der Waals surface area (Å²) in [5.74, 6) is 0.860. The second kappa shape index (κ2) is 5.92. The van der Waals surface area contributed by atoms with E-state index in [4.69, 9.17) is 21.8 Å². The topological polar surface area (TPSA) is 59.5 Å². The fourth-order valence-corrected chi connectivity index (χ4v) is 3.08. The molecule has 1 saturated heterocycles. The van der Waals surface area contributed by atoms with Gasteiger partial charge in [0, 0.05) is 11.6 Å². The Kier molecular flexibility index (Phi) is 3.99. The van der Waals surface area contributed by atoms with Crippen molar-refractivity contribution in [1.82, 2.24) is 4.90 Å². The SMILES string of the molecule is NCc1ccc(C(=O)N2CCCC2c2ccccc2Cl)o1. The predicted octanol–water partition coefficient (Wildman–Crippen LogP) is 3.37. The van der Waals surface area contributed by atoms with Gasteiger partial charge in [0.25, 0.3) is 5.91 Å². The third-order valence-corrected chi connectivity index (χ3v) is 4.20. The molecule has 0 spiro atoms. The van der Waals surface area contributed by atoms with E-state index in [2.05, 4.69) is 0 Å². The molecule has 2 N–H and O–H groups in total. The highest BCUT2D eigenvalue weighted by molar-refractivity contribution is 6.31. The summed E-state index contributed by atoms with van der Waals surface area (Å²) in [5, 5.41) is 0.698. The van der Waals surface area contributed by atoms with Crippen molar-refractivity contribution in [2.45, 2.75) is 25.4 Å². The van der Waals surface area contributed by atoms with Crippen LogP contribution in [0.4, 0.5) is 0 Å². The Morgan fingerprint density at radius 1 is 1.33 bits per heavy atom. The Labute approximate surface area is 128 Å². The lowest BCUT2D eigenvalue weighted by Gasteiger charge is -2.25. The Morgan fingerprint density at radius 2 is 2.14 bits per heavy atom. The number of carbonyl (C=O) groups is 1. The standard InChI is InChI=1S/C16H17ClN2O2/c17-13-5-2-1-4-12(13)14-6-3-9-19(14)16(20)15-8-7-11(10-18)21-15/h1-2,4-5,7-8,14H,3,6,9-10,18H2. The van der Waals surface area contributed by atoms with Crippen molar-refractivity contribution in [1.29, 1.82) is 0 Å². The summed E-state index contributed by atoms with van der Waals surface area (Å²) in [7, 11) is 0. The number of carbonyl (C=O) groups excluding carboxylic acids is 1. The van der Waals surface area contributed by atoms with Crippen LogP contribution in [0.1, 0.15) is 40.8 Å². The minimum Gasteiger partial charge on any atom is -0.455 e. The first kappa shape index (κ1) is 14.2. The summed E-state index contributed by atoms with van der Waals surface area (Å²) >= 11 is 6.27. The summed E-state index contributed by atoms with van der Waals surface area (Å²) in [5.41, 5.74) is 6.51. The Bertz CT molecular complexity index is 653. The van der Waals surface area contributed by atoms with Crippen molar-refractivity contribution in [2.24, 2.45) is 5.73 Å². The van der Waals surface area contributed by atoms with Crippen LogP contribution in [0.3, 0.4) is 0 Å². The first-order valence-electron chi connectivity index (χ1n) is 7.05. The maximum atomic E-state index is 12.6. The molecule has 1 aliphatic rings. The molecule has 1 unspecified atom stereocenters. The number of amides is 1.